The Hall–Kier alpha value is -1.75. The van der Waals surface area contributed by atoms with Gasteiger partial charge in [-0.25, -0.2) is 0 Å². The molecule has 0 saturated carbocycles. The maximum atomic E-state index is 5.55. The molecule has 90 valence electrons. The van der Waals surface area contributed by atoms with Crippen molar-refractivity contribution in [1.82, 2.24) is 19.7 Å². The zero-order valence-electron chi connectivity index (χ0n) is 10.4. The number of aromatic nitrogens is 4. The highest BCUT2D eigenvalue weighted by Gasteiger charge is 2.14. The largest absolute Gasteiger partial charge is 0.326 e. The van der Waals surface area contributed by atoms with Gasteiger partial charge in [-0.05, 0) is 32.4 Å². The molecule has 2 aromatic heterocycles. The van der Waals surface area contributed by atoms with Crippen LogP contribution in [0.2, 0.25) is 0 Å². The summed E-state index contributed by atoms with van der Waals surface area (Å²) in [4.78, 5) is 4.37. The Bertz CT molecular complexity index is 498. The molecule has 0 radical (unpaired) electrons. The van der Waals surface area contributed by atoms with E-state index in [9.17, 15) is 0 Å². The normalized spacial score (nSPS) is 11.1. The Labute approximate surface area is 101 Å². The van der Waals surface area contributed by atoms with Crippen LogP contribution in [0, 0.1) is 6.92 Å². The minimum atomic E-state index is 0.316. The first-order valence-electron chi connectivity index (χ1n) is 5.70. The van der Waals surface area contributed by atoms with Crippen LogP contribution < -0.4 is 5.73 Å². The molecule has 2 aromatic rings. The lowest BCUT2D eigenvalue weighted by atomic mass is 10.2. The Balaban J connectivity index is 2.45. The van der Waals surface area contributed by atoms with Gasteiger partial charge in [-0.1, -0.05) is 6.07 Å². The molecule has 17 heavy (non-hydrogen) atoms. The molecule has 0 fully saturated rings. The molecule has 0 unspecified atom stereocenters. The van der Waals surface area contributed by atoms with Gasteiger partial charge >= 0.3 is 0 Å². The van der Waals surface area contributed by atoms with Crippen LogP contribution in [0.5, 0.6) is 0 Å². The molecule has 2 heterocycles. The summed E-state index contributed by atoms with van der Waals surface area (Å²) in [6, 6.07) is 4.22. The highest BCUT2D eigenvalue weighted by Crippen LogP contribution is 2.20. The van der Waals surface area contributed by atoms with Gasteiger partial charge in [0.05, 0.1) is 0 Å². The molecule has 0 saturated heterocycles. The molecule has 0 aromatic carbocycles. The summed E-state index contributed by atoms with van der Waals surface area (Å²) in [5, 5.41) is 8.29. The Morgan fingerprint density at radius 3 is 2.59 bits per heavy atom. The van der Waals surface area contributed by atoms with E-state index in [1.165, 1.54) is 0 Å². The predicted octanol–water partition coefficient (Wildman–Crippen LogP) is 1.69. The summed E-state index contributed by atoms with van der Waals surface area (Å²) in [6.07, 6.45) is 1.78. The third-order valence-corrected chi connectivity index (χ3v) is 2.67. The number of nitrogens with zero attached hydrogens (tertiary/aromatic N) is 4. The van der Waals surface area contributed by atoms with Gasteiger partial charge in [-0.15, -0.1) is 10.2 Å². The lowest BCUT2D eigenvalue weighted by Crippen LogP contribution is -2.06. The number of nitrogens with two attached hydrogens (primary N) is 1. The van der Waals surface area contributed by atoms with Gasteiger partial charge < -0.3 is 10.3 Å². The van der Waals surface area contributed by atoms with Crippen molar-refractivity contribution in [1.29, 1.82) is 0 Å². The summed E-state index contributed by atoms with van der Waals surface area (Å²) in [7, 11) is 0. The van der Waals surface area contributed by atoms with Gasteiger partial charge in [0, 0.05) is 18.8 Å². The van der Waals surface area contributed by atoms with E-state index in [1.54, 1.807) is 6.20 Å². The highest BCUT2D eigenvalue weighted by molar-refractivity contribution is 5.49. The molecule has 0 amide bonds. The van der Waals surface area contributed by atoms with Crippen molar-refractivity contribution in [3.63, 3.8) is 0 Å². The van der Waals surface area contributed by atoms with Gasteiger partial charge in [0.25, 0.3) is 0 Å². The van der Waals surface area contributed by atoms with Crippen LogP contribution >= 0.6 is 0 Å². The fourth-order valence-electron chi connectivity index (χ4n) is 1.84. The number of rotatable bonds is 3. The second kappa shape index (κ2) is 4.63. The van der Waals surface area contributed by atoms with Crippen LogP contribution in [0.15, 0.2) is 18.3 Å². The molecular formula is C12H17N5. The third-order valence-electron chi connectivity index (χ3n) is 2.67. The molecular weight excluding hydrogens is 214 g/mol. The quantitative estimate of drug-likeness (QED) is 0.872. The summed E-state index contributed by atoms with van der Waals surface area (Å²) < 4.78 is 2.07. The molecule has 5 nitrogen and oxygen atoms in total. The van der Waals surface area contributed by atoms with E-state index in [1.807, 2.05) is 19.1 Å². The predicted molar refractivity (Wildman–Crippen MR) is 66.3 cm³/mol. The van der Waals surface area contributed by atoms with Crippen LogP contribution in [-0.4, -0.2) is 19.7 Å². The van der Waals surface area contributed by atoms with Gasteiger partial charge in [0.2, 0.25) is 0 Å². The van der Waals surface area contributed by atoms with E-state index in [0.29, 0.717) is 12.6 Å². The molecule has 0 aliphatic heterocycles. The minimum Gasteiger partial charge on any atom is -0.326 e. The minimum absolute atomic E-state index is 0.316. The van der Waals surface area contributed by atoms with Crippen molar-refractivity contribution in [3.05, 3.63) is 29.7 Å². The summed E-state index contributed by atoms with van der Waals surface area (Å²) in [6.45, 7) is 6.66. The monoisotopic (exact) mass is 231 g/mol. The van der Waals surface area contributed by atoms with Crippen molar-refractivity contribution in [2.24, 2.45) is 5.73 Å². The van der Waals surface area contributed by atoms with E-state index < -0.39 is 0 Å². The first-order chi connectivity index (χ1) is 8.13. The molecule has 0 bridgehead atoms. The maximum Gasteiger partial charge on any atom is 0.182 e. The van der Waals surface area contributed by atoms with E-state index >= 15 is 0 Å². The first kappa shape index (κ1) is 11.7. The van der Waals surface area contributed by atoms with E-state index in [4.69, 9.17) is 5.73 Å². The number of hydrogen-bond donors (Lipinski definition) is 1. The number of pyridine rings is 1. The second-order valence-corrected chi connectivity index (χ2v) is 4.29. The molecule has 0 aliphatic rings. The Morgan fingerprint density at radius 1 is 1.29 bits per heavy atom. The maximum absolute atomic E-state index is 5.55. The van der Waals surface area contributed by atoms with Gasteiger partial charge in [-0.2, -0.15) is 0 Å². The first-order valence-corrected chi connectivity index (χ1v) is 5.70. The summed E-state index contributed by atoms with van der Waals surface area (Å²) in [5.74, 6) is 1.71. The lowest BCUT2D eigenvalue weighted by Gasteiger charge is -2.11. The molecule has 0 spiro atoms. The van der Waals surface area contributed by atoms with Gasteiger partial charge in [0.15, 0.2) is 5.82 Å². The topological polar surface area (TPSA) is 69.6 Å². The summed E-state index contributed by atoms with van der Waals surface area (Å²) in [5.41, 5.74) is 7.39. The van der Waals surface area contributed by atoms with Crippen LogP contribution in [0.4, 0.5) is 0 Å². The lowest BCUT2D eigenvalue weighted by molar-refractivity contribution is 0.586. The van der Waals surface area contributed by atoms with Crippen LogP contribution in [0.25, 0.3) is 11.5 Å². The zero-order valence-corrected chi connectivity index (χ0v) is 10.4. The molecule has 2 N–H and O–H groups in total. The number of hydrogen-bond acceptors (Lipinski definition) is 4. The van der Waals surface area contributed by atoms with E-state index in [2.05, 4.69) is 33.6 Å². The summed E-state index contributed by atoms with van der Waals surface area (Å²) >= 11 is 0. The van der Waals surface area contributed by atoms with Crippen molar-refractivity contribution in [3.8, 4) is 11.5 Å². The van der Waals surface area contributed by atoms with E-state index in [-0.39, 0.29) is 0 Å². The average molecular weight is 231 g/mol. The highest BCUT2D eigenvalue weighted by atomic mass is 15.3. The number of aryl methyl sites for hydroxylation is 1. The van der Waals surface area contributed by atoms with Crippen molar-refractivity contribution < 1.29 is 0 Å². The third kappa shape index (κ3) is 2.19. The van der Waals surface area contributed by atoms with Crippen LogP contribution in [0.1, 0.15) is 31.3 Å². The zero-order chi connectivity index (χ0) is 12.4. The molecule has 0 atom stereocenters. The SMILES string of the molecule is Cc1nnc(-c2ccc(CN)cn2)n1C(C)C. The fourth-order valence-corrected chi connectivity index (χ4v) is 1.84. The Kier molecular flexibility index (Phi) is 3.19. The fraction of sp³-hybridized carbons (Fsp3) is 0.417. The standard InChI is InChI=1S/C12H17N5/c1-8(2)17-9(3)15-16-12(17)11-5-4-10(6-13)7-14-11/h4-5,7-8H,6,13H2,1-3H3. The average Bonchev–Trinajstić information content (AvgIpc) is 2.71. The van der Waals surface area contributed by atoms with Crippen LogP contribution in [0.3, 0.4) is 0 Å². The van der Waals surface area contributed by atoms with Gasteiger partial charge in [0.1, 0.15) is 11.5 Å². The van der Waals surface area contributed by atoms with E-state index in [0.717, 1.165) is 22.9 Å². The van der Waals surface area contributed by atoms with Crippen molar-refractivity contribution in [2.45, 2.75) is 33.4 Å². The molecule has 0 aliphatic carbocycles. The van der Waals surface area contributed by atoms with Crippen molar-refractivity contribution >= 4 is 0 Å². The smallest absolute Gasteiger partial charge is 0.182 e. The second-order valence-electron chi connectivity index (χ2n) is 4.29. The van der Waals surface area contributed by atoms with Crippen molar-refractivity contribution in [2.75, 3.05) is 0 Å². The Morgan fingerprint density at radius 2 is 2.06 bits per heavy atom. The molecule has 5 heteroatoms. The van der Waals surface area contributed by atoms with Crippen LogP contribution in [-0.2, 0) is 6.54 Å². The van der Waals surface area contributed by atoms with Gasteiger partial charge in [-0.3, -0.25) is 4.98 Å². The molecule has 2 rings (SSSR count).